The van der Waals surface area contributed by atoms with Crippen LogP contribution in [0.15, 0.2) is 48.8 Å². The molecule has 0 saturated heterocycles. The number of fused-ring (bicyclic) bond motifs is 2. The number of halogens is 2. The van der Waals surface area contributed by atoms with Crippen LogP contribution in [0.4, 0.5) is 15.9 Å². The molecule has 0 fully saturated rings. The van der Waals surface area contributed by atoms with Crippen molar-refractivity contribution in [1.82, 2.24) is 29.8 Å². The van der Waals surface area contributed by atoms with E-state index < -0.39 is 5.82 Å². The van der Waals surface area contributed by atoms with E-state index in [1.807, 2.05) is 31.2 Å². The fraction of sp³-hybridized carbons (Fsp3) is 0.0870. The number of anilines is 2. The van der Waals surface area contributed by atoms with Crippen molar-refractivity contribution in [2.45, 2.75) is 6.92 Å². The summed E-state index contributed by atoms with van der Waals surface area (Å²) >= 11 is 7.37. The van der Waals surface area contributed by atoms with Crippen molar-refractivity contribution in [3.63, 3.8) is 0 Å². The SMILES string of the molecule is COc1ccc(-c2nnc3sc(-c4[se]c5ncnc(Nc6ccc(F)c(Cl)c6)c5c4C)nn23)cc1. The van der Waals surface area contributed by atoms with Crippen molar-refractivity contribution < 1.29 is 9.13 Å². The molecule has 6 aromatic rings. The first-order valence-electron chi connectivity index (χ1n) is 10.3. The summed E-state index contributed by atoms with van der Waals surface area (Å²) in [6, 6.07) is 12.1. The number of nitrogens with one attached hydrogen (secondary N) is 1. The van der Waals surface area contributed by atoms with Crippen molar-refractivity contribution in [1.29, 1.82) is 0 Å². The first kappa shape index (κ1) is 22.1. The third-order valence-electron chi connectivity index (χ3n) is 5.44. The molecule has 0 amide bonds. The van der Waals surface area contributed by atoms with Crippen LogP contribution in [-0.2, 0) is 0 Å². The molecule has 0 aliphatic rings. The maximum atomic E-state index is 13.6. The number of hydrogen-bond acceptors (Lipinski definition) is 8. The van der Waals surface area contributed by atoms with Gasteiger partial charge in [0.2, 0.25) is 0 Å². The van der Waals surface area contributed by atoms with E-state index in [4.69, 9.17) is 21.4 Å². The molecule has 1 N–H and O–H groups in total. The van der Waals surface area contributed by atoms with E-state index in [2.05, 4.69) is 25.5 Å². The molecule has 0 aliphatic heterocycles. The van der Waals surface area contributed by atoms with Crippen LogP contribution in [0, 0.1) is 12.7 Å². The second kappa shape index (κ2) is 8.69. The molecule has 0 aliphatic carbocycles. The monoisotopic (exact) mass is 571 g/mol. The van der Waals surface area contributed by atoms with Crippen LogP contribution in [0.3, 0.4) is 0 Å². The molecule has 0 bridgehead atoms. The average Bonchev–Trinajstić information content (AvgIpc) is 3.55. The van der Waals surface area contributed by atoms with Gasteiger partial charge < -0.3 is 0 Å². The van der Waals surface area contributed by atoms with Gasteiger partial charge in [-0.2, -0.15) is 0 Å². The second-order valence-corrected chi connectivity index (χ2v) is 11.0. The maximum absolute atomic E-state index is 13.6. The van der Waals surface area contributed by atoms with Gasteiger partial charge in [0.15, 0.2) is 0 Å². The van der Waals surface area contributed by atoms with Gasteiger partial charge in [-0.1, -0.05) is 0 Å². The fourth-order valence-electron chi connectivity index (χ4n) is 3.71. The number of aromatic nitrogens is 6. The molecule has 2 aromatic carbocycles. The van der Waals surface area contributed by atoms with Gasteiger partial charge in [-0.05, 0) is 0 Å². The van der Waals surface area contributed by atoms with E-state index in [-0.39, 0.29) is 19.5 Å². The topological polar surface area (TPSA) is 90.1 Å². The summed E-state index contributed by atoms with van der Waals surface area (Å²) in [5.74, 6) is 1.62. The summed E-state index contributed by atoms with van der Waals surface area (Å²) in [7, 11) is 1.63. The zero-order chi connectivity index (χ0) is 24.1. The number of nitrogens with zero attached hydrogens (tertiary/aromatic N) is 6. The Morgan fingerprint density at radius 2 is 1.94 bits per heavy atom. The molecule has 35 heavy (non-hydrogen) atoms. The minimum absolute atomic E-state index is 0.0466. The Balaban J connectivity index is 1.41. The average molecular weight is 571 g/mol. The Bertz CT molecular complexity index is 1710. The standard InChI is InChI=1S/C23H15ClFN7OSSe/c1-11-17-19(28-13-5-8-16(25)15(24)9-13)26-10-27-22(17)35-18(11)21-31-32-20(29-30-23(32)34-21)12-3-6-14(33-2)7-4-12/h3-10H,1-2H3,(H,26,27,28). The van der Waals surface area contributed by atoms with Crippen LogP contribution < -0.4 is 10.1 Å². The molecule has 4 aromatic heterocycles. The predicted molar refractivity (Wildman–Crippen MR) is 136 cm³/mol. The van der Waals surface area contributed by atoms with E-state index in [1.54, 1.807) is 17.7 Å². The summed E-state index contributed by atoms with van der Waals surface area (Å²) in [6.45, 7) is 2.04. The van der Waals surface area contributed by atoms with Crippen molar-refractivity contribution in [3.05, 3.63) is 65.2 Å². The second-order valence-electron chi connectivity index (χ2n) is 7.57. The van der Waals surface area contributed by atoms with Gasteiger partial charge >= 0.3 is 214 Å². The van der Waals surface area contributed by atoms with Crippen molar-refractivity contribution in [2.24, 2.45) is 0 Å². The van der Waals surface area contributed by atoms with Crippen LogP contribution in [0.5, 0.6) is 5.75 Å². The van der Waals surface area contributed by atoms with Gasteiger partial charge in [0.1, 0.15) is 0 Å². The first-order chi connectivity index (χ1) is 17.0. The third-order valence-corrected chi connectivity index (χ3v) is 9.47. The Hall–Kier alpha value is -3.37. The van der Waals surface area contributed by atoms with E-state index in [1.165, 1.54) is 29.8 Å². The van der Waals surface area contributed by atoms with Gasteiger partial charge in [0.05, 0.1) is 0 Å². The Kier molecular flexibility index (Phi) is 5.49. The molecule has 0 radical (unpaired) electrons. The number of aryl methyl sites for hydroxylation is 1. The van der Waals surface area contributed by atoms with Gasteiger partial charge in [-0.25, -0.2) is 0 Å². The van der Waals surface area contributed by atoms with Crippen molar-refractivity contribution >= 4 is 63.7 Å². The summed E-state index contributed by atoms with van der Waals surface area (Å²) in [4.78, 5) is 9.67. The third kappa shape index (κ3) is 3.86. The molecule has 0 saturated carbocycles. The summed E-state index contributed by atoms with van der Waals surface area (Å²) in [5.41, 5.74) is 2.60. The normalized spacial score (nSPS) is 11.4. The number of methoxy groups -OCH3 is 1. The van der Waals surface area contributed by atoms with Crippen LogP contribution >= 0.6 is 22.9 Å². The summed E-state index contributed by atoms with van der Waals surface area (Å²) < 4.78 is 22.7. The zero-order valence-corrected chi connectivity index (χ0v) is 21.6. The molecule has 0 atom stereocenters. The predicted octanol–water partition coefficient (Wildman–Crippen LogP) is 5.37. The summed E-state index contributed by atoms with van der Waals surface area (Å²) in [6.07, 6.45) is 1.53. The Morgan fingerprint density at radius 1 is 1.11 bits per heavy atom. The van der Waals surface area contributed by atoms with Crippen LogP contribution in [-0.4, -0.2) is 51.4 Å². The summed E-state index contributed by atoms with van der Waals surface area (Å²) in [5, 5.41) is 18.6. The van der Waals surface area contributed by atoms with Crippen LogP contribution in [0.2, 0.25) is 5.02 Å². The van der Waals surface area contributed by atoms with E-state index in [0.29, 0.717) is 22.3 Å². The Morgan fingerprint density at radius 3 is 2.71 bits per heavy atom. The molecular formula is C23H15ClFN7OSSe. The number of hydrogen-bond donors (Lipinski definition) is 1. The first-order valence-corrected chi connectivity index (χ1v) is 13.3. The van der Waals surface area contributed by atoms with Gasteiger partial charge in [0.25, 0.3) is 0 Å². The molecular weight excluding hydrogens is 556 g/mol. The molecule has 8 nitrogen and oxygen atoms in total. The van der Waals surface area contributed by atoms with E-state index in [0.717, 1.165) is 36.1 Å². The molecule has 4 heterocycles. The number of rotatable bonds is 5. The molecule has 12 heteroatoms. The molecule has 6 rings (SSSR count). The number of ether oxygens (including phenoxy) is 1. The van der Waals surface area contributed by atoms with Crippen molar-refractivity contribution in [2.75, 3.05) is 12.4 Å². The fourth-order valence-corrected chi connectivity index (χ4v) is 7.36. The van der Waals surface area contributed by atoms with Gasteiger partial charge in [-0.3, -0.25) is 0 Å². The van der Waals surface area contributed by atoms with Gasteiger partial charge in [0, 0.05) is 0 Å². The quantitative estimate of drug-likeness (QED) is 0.279. The zero-order valence-electron chi connectivity index (χ0n) is 18.3. The Labute approximate surface area is 213 Å². The van der Waals surface area contributed by atoms with Crippen LogP contribution in [0.25, 0.3) is 35.6 Å². The van der Waals surface area contributed by atoms with Gasteiger partial charge in [-0.15, -0.1) is 0 Å². The van der Waals surface area contributed by atoms with E-state index >= 15 is 0 Å². The van der Waals surface area contributed by atoms with E-state index in [9.17, 15) is 4.39 Å². The van der Waals surface area contributed by atoms with Crippen LogP contribution in [0.1, 0.15) is 5.56 Å². The minimum atomic E-state index is -0.468. The molecule has 174 valence electrons. The number of benzene rings is 2. The molecule has 0 unspecified atom stereocenters. The molecule has 0 spiro atoms. The van der Waals surface area contributed by atoms with Crippen molar-refractivity contribution in [3.8, 4) is 26.6 Å².